The molecule has 82 valence electrons. The quantitative estimate of drug-likeness (QED) is 0.648. The van der Waals surface area contributed by atoms with Crippen molar-refractivity contribution in [2.75, 3.05) is 6.54 Å². The monoisotopic (exact) mass is 207 g/mol. The minimum atomic E-state index is -0.0373. The van der Waals surface area contributed by atoms with Crippen molar-refractivity contribution < 1.29 is 10.2 Å². The van der Waals surface area contributed by atoms with Gasteiger partial charge in [0.1, 0.15) is 0 Å². The fourth-order valence-electron chi connectivity index (χ4n) is 2.28. The van der Waals surface area contributed by atoms with Crippen LogP contribution >= 0.6 is 0 Å². The van der Waals surface area contributed by atoms with E-state index >= 15 is 0 Å². The van der Waals surface area contributed by atoms with Crippen LogP contribution in [0.1, 0.15) is 30.4 Å². The molecule has 1 saturated carbocycles. The Labute approximate surface area is 89.5 Å². The Balaban J connectivity index is 2.45. The van der Waals surface area contributed by atoms with Crippen LogP contribution in [0.4, 0.5) is 0 Å². The Hall–Kier alpha value is -1.22. The molecule has 0 aromatic heterocycles. The highest BCUT2D eigenvalue weighted by atomic mass is 16.3. The molecule has 4 N–H and O–H groups in total. The zero-order chi connectivity index (χ0) is 11.1. The summed E-state index contributed by atoms with van der Waals surface area (Å²) in [5, 5.41) is 19.0. The third kappa shape index (κ3) is 1.47. The van der Waals surface area contributed by atoms with E-state index < -0.39 is 0 Å². The fourth-order valence-corrected chi connectivity index (χ4v) is 2.28. The highest BCUT2D eigenvalue weighted by Crippen LogP contribution is 2.45. The lowest BCUT2D eigenvalue weighted by atomic mass is 9.64. The summed E-state index contributed by atoms with van der Waals surface area (Å²) in [4.78, 5) is 0. The van der Waals surface area contributed by atoms with Gasteiger partial charge >= 0.3 is 0 Å². The molecule has 0 atom stereocenters. The molecule has 0 amide bonds. The molecule has 1 fully saturated rings. The zero-order valence-electron chi connectivity index (χ0n) is 8.95. The van der Waals surface area contributed by atoms with Crippen molar-refractivity contribution in [2.45, 2.75) is 31.6 Å². The van der Waals surface area contributed by atoms with Gasteiger partial charge in [-0.25, -0.2) is 0 Å². The van der Waals surface area contributed by atoms with Gasteiger partial charge in [0.25, 0.3) is 0 Å². The summed E-state index contributed by atoms with van der Waals surface area (Å²) < 4.78 is 0. The molecule has 0 saturated heterocycles. The molecule has 0 spiro atoms. The van der Waals surface area contributed by atoms with Crippen molar-refractivity contribution in [1.29, 1.82) is 0 Å². The van der Waals surface area contributed by atoms with Gasteiger partial charge < -0.3 is 15.9 Å². The maximum absolute atomic E-state index is 9.57. The van der Waals surface area contributed by atoms with Crippen LogP contribution in [0.2, 0.25) is 0 Å². The van der Waals surface area contributed by atoms with Gasteiger partial charge in [-0.2, -0.15) is 0 Å². The van der Waals surface area contributed by atoms with Gasteiger partial charge in [0.15, 0.2) is 11.5 Å². The number of rotatable bonds is 2. The minimum Gasteiger partial charge on any atom is -0.504 e. The molecule has 3 heteroatoms. The van der Waals surface area contributed by atoms with E-state index in [1.807, 2.05) is 6.07 Å². The Morgan fingerprint density at radius 3 is 2.40 bits per heavy atom. The number of benzene rings is 1. The summed E-state index contributed by atoms with van der Waals surface area (Å²) >= 11 is 0. The zero-order valence-corrected chi connectivity index (χ0v) is 8.95. The molecule has 0 aliphatic heterocycles. The molecular formula is C12H17NO2. The third-order valence-electron chi connectivity index (χ3n) is 3.59. The fraction of sp³-hybridized carbons (Fsp3) is 0.500. The molecule has 0 radical (unpaired) electrons. The maximum atomic E-state index is 9.57. The van der Waals surface area contributed by atoms with Crippen molar-refractivity contribution >= 4 is 0 Å². The lowest BCUT2D eigenvalue weighted by molar-refractivity contribution is 0.251. The van der Waals surface area contributed by atoms with Gasteiger partial charge in [-0.1, -0.05) is 12.5 Å². The van der Waals surface area contributed by atoms with Crippen LogP contribution in [0.25, 0.3) is 0 Å². The summed E-state index contributed by atoms with van der Waals surface area (Å²) in [6, 6.07) is 3.58. The molecular weight excluding hydrogens is 190 g/mol. The SMILES string of the molecule is Cc1cc(C2(CN)CCC2)cc(O)c1O. The first-order valence-electron chi connectivity index (χ1n) is 5.32. The summed E-state index contributed by atoms with van der Waals surface area (Å²) in [6.07, 6.45) is 3.35. The number of aromatic hydroxyl groups is 2. The molecule has 1 aromatic rings. The standard InChI is InChI=1S/C12H17NO2/c1-8-5-9(6-10(14)11(8)15)12(7-13)3-2-4-12/h5-6,14-15H,2-4,7,13H2,1H3. The predicted molar refractivity (Wildman–Crippen MR) is 59.1 cm³/mol. The number of phenols is 2. The second-order valence-corrected chi connectivity index (χ2v) is 4.50. The lowest BCUT2D eigenvalue weighted by Gasteiger charge is -2.41. The van der Waals surface area contributed by atoms with Crippen LogP contribution < -0.4 is 5.73 Å². The van der Waals surface area contributed by atoms with E-state index in [1.54, 1.807) is 13.0 Å². The van der Waals surface area contributed by atoms with Crippen LogP contribution in [-0.4, -0.2) is 16.8 Å². The molecule has 15 heavy (non-hydrogen) atoms. The van der Waals surface area contributed by atoms with Crippen molar-refractivity contribution in [2.24, 2.45) is 5.73 Å². The van der Waals surface area contributed by atoms with Crippen molar-refractivity contribution in [3.05, 3.63) is 23.3 Å². The summed E-state index contributed by atoms with van der Waals surface area (Å²) in [5.74, 6) is -0.0602. The Morgan fingerprint density at radius 2 is 2.00 bits per heavy atom. The van der Waals surface area contributed by atoms with Crippen molar-refractivity contribution in [1.82, 2.24) is 0 Å². The number of nitrogens with two attached hydrogens (primary N) is 1. The van der Waals surface area contributed by atoms with Crippen molar-refractivity contribution in [3.8, 4) is 11.5 Å². The second kappa shape index (κ2) is 3.42. The van der Waals surface area contributed by atoms with Gasteiger partial charge in [-0.15, -0.1) is 0 Å². The van der Waals surface area contributed by atoms with Crippen molar-refractivity contribution in [3.63, 3.8) is 0 Å². The summed E-state index contributed by atoms with van der Waals surface area (Å²) in [5.41, 5.74) is 7.60. The average molecular weight is 207 g/mol. The number of hydrogen-bond acceptors (Lipinski definition) is 3. The molecule has 1 aliphatic carbocycles. The highest BCUT2D eigenvalue weighted by molar-refractivity contribution is 5.49. The number of hydrogen-bond donors (Lipinski definition) is 3. The first-order chi connectivity index (χ1) is 7.09. The van der Waals surface area contributed by atoms with E-state index in [4.69, 9.17) is 5.73 Å². The molecule has 2 rings (SSSR count). The largest absolute Gasteiger partial charge is 0.504 e. The molecule has 3 nitrogen and oxygen atoms in total. The predicted octanol–water partition coefficient (Wildman–Crippen LogP) is 1.79. The van der Waals surface area contributed by atoms with Gasteiger partial charge in [-0.05, 0) is 37.0 Å². The molecule has 0 heterocycles. The lowest BCUT2D eigenvalue weighted by Crippen LogP contribution is -2.41. The first-order valence-corrected chi connectivity index (χ1v) is 5.32. The van der Waals surface area contributed by atoms with Gasteiger partial charge in [0.05, 0.1) is 0 Å². The van der Waals surface area contributed by atoms with Crippen LogP contribution in [0.5, 0.6) is 11.5 Å². The summed E-state index contributed by atoms with van der Waals surface area (Å²) in [6.45, 7) is 2.40. The van der Waals surface area contributed by atoms with Crippen LogP contribution in [0.15, 0.2) is 12.1 Å². The Bertz CT molecular complexity index is 355. The summed E-state index contributed by atoms with van der Waals surface area (Å²) in [7, 11) is 0. The van der Waals surface area contributed by atoms with Crippen LogP contribution in [0.3, 0.4) is 0 Å². The molecule has 1 aliphatic rings. The van der Waals surface area contributed by atoms with E-state index in [2.05, 4.69) is 0 Å². The van der Waals surface area contributed by atoms with E-state index in [0.29, 0.717) is 12.1 Å². The Kier molecular flexibility index (Phi) is 2.35. The first kappa shape index (κ1) is 10.3. The molecule has 0 unspecified atom stereocenters. The second-order valence-electron chi connectivity index (χ2n) is 4.50. The van der Waals surface area contributed by atoms with Crippen LogP contribution in [0, 0.1) is 6.92 Å². The number of phenolic OH excluding ortho intramolecular Hbond substituents is 2. The smallest absolute Gasteiger partial charge is 0.160 e. The van der Waals surface area contributed by atoms with E-state index in [-0.39, 0.29) is 16.9 Å². The third-order valence-corrected chi connectivity index (χ3v) is 3.59. The molecule has 0 bridgehead atoms. The van der Waals surface area contributed by atoms with E-state index in [9.17, 15) is 10.2 Å². The minimum absolute atomic E-state index is 0.0229. The van der Waals surface area contributed by atoms with E-state index in [0.717, 1.165) is 18.4 Å². The van der Waals surface area contributed by atoms with Crippen LogP contribution in [-0.2, 0) is 5.41 Å². The normalized spacial score (nSPS) is 18.5. The van der Waals surface area contributed by atoms with Gasteiger partial charge in [0, 0.05) is 12.0 Å². The maximum Gasteiger partial charge on any atom is 0.160 e. The average Bonchev–Trinajstić information content (AvgIpc) is 2.13. The topological polar surface area (TPSA) is 66.5 Å². The van der Waals surface area contributed by atoms with Gasteiger partial charge in [-0.3, -0.25) is 0 Å². The molecule has 1 aromatic carbocycles. The van der Waals surface area contributed by atoms with E-state index in [1.165, 1.54) is 6.42 Å². The highest BCUT2D eigenvalue weighted by Gasteiger charge is 2.37. The van der Waals surface area contributed by atoms with Gasteiger partial charge in [0.2, 0.25) is 0 Å². The Morgan fingerprint density at radius 1 is 1.33 bits per heavy atom. The number of aryl methyl sites for hydroxylation is 1.